The van der Waals surface area contributed by atoms with Gasteiger partial charge in [0.15, 0.2) is 0 Å². The lowest BCUT2D eigenvalue weighted by molar-refractivity contribution is 0.156. The van der Waals surface area contributed by atoms with Gasteiger partial charge in [-0.05, 0) is 32.4 Å². The van der Waals surface area contributed by atoms with Crippen LogP contribution in [0.5, 0.6) is 0 Å². The van der Waals surface area contributed by atoms with E-state index in [0.29, 0.717) is 0 Å². The minimum Gasteiger partial charge on any atom is -0.301 e. The zero-order valence-electron chi connectivity index (χ0n) is 10.3. The predicted molar refractivity (Wildman–Crippen MR) is 67.8 cm³/mol. The number of nitrogens with zero attached hydrogens (tertiary/aromatic N) is 1. The van der Waals surface area contributed by atoms with Crippen molar-refractivity contribution < 1.29 is 0 Å². The molecule has 0 aromatic carbocycles. The molecule has 1 nitrogen and oxygen atoms in total. The Bertz CT molecular complexity index is 152. The average Bonchev–Trinajstić information content (AvgIpc) is 2.69. The summed E-state index contributed by atoms with van der Waals surface area (Å²) in [7, 11) is 0.190. The molecule has 1 saturated heterocycles. The highest BCUT2D eigenvalue weighted by molar-refractivity contribution is 6.41. The second kappa shape index (κ2) is 5.91. The Labute approximate surface area is 92.1 Å². The Morgan fingerprint density at radius 3 is 2.50 bits per heavy atom. The highest BCUT2D eigenvalue weighted by atomic mass is 28.2. The van der Waals surface area contributed by atoms with Crippen molar-refractivity contribution in [3.8, 4) is 0 Å². The molecule has 1 rings (SSSR count). The molecular formula is C12H27NSi. The summed E-state index contributed by atoms with van der Waals surface area (Å²) < 4.78 is 0. The molecule has 2 heteroatoms. The first-order valence-electron chi connectivity index (χ1n) is 6.54. The fraction of sp³-hybridized carbons (Fsp3) is 1.00. The van der Waals surface area contributed by atoms with E-state index < -0.39 is 0 Å². The molecule has 1 aliphatic rings. The molecular weight excluding hydrogens is 186 g/mol. The van der Waals surface area contributed by atoms with Crippen LogP contribution in [0.2, 0.25) is 6.04 Å². The topological polar surface area (TPSA) is 3.24 Å². The summed E-state index contributed by atoms with van der Waals surface area (Å²) in [6.07, 6.45) is 7.18. The highest BCUT2D eigenvalue weighted by Gasteiger charge is 2.36. The maximum Gasteiger partial charge on any atom is 0.0447 e. The van der Waals surface area contributed by atoms with E-state index in [0.717, 1.165) is 5.16 Å². The Hall–Kier alpha value is 0.177. The quantitative estimate of drug-likeness (QED) is 0.613. The van der Waals surface area contributed by atoms with Crippen molar-refractivity contribution in [1.82, 2.24) is 4.90 Å². The molecule has 0 aromatic rings. The number of hydrogen-bond acceptors (Lipinski definition) is 1. The molecule has 0 radical (unpaired) electrons. The van der Waals surface area contributed by atoms with Gasteiger partial charge < -0.3 is 4.90 Å². The van der Waals surface area contributed by atoms with E-state index in [1.165, 1.54) is 45.2 Å². The van der Waals surface area contributed by atoms with Gasteiger partial charge in [0.2, 0.25) is 0 Å². The van der Waals surface area contributed by atoms with Gasteiger partial charge in [-0.25, -0.2) is 0 Å². The maximum atomic E-state index is 2.82. The SMILES string of the molecule is CCCCN(CC)C1(CC)CCC[SiH2]1. The van der Waals surface area contributed by atoms with Crippen LogP contribution in [0.3, 0.4) is 0 Å². The lowest BCUT2D eigenvalue weighted by Crippen LogP contribution is -2.50. The van der Waals surface area contributed by atoms with E-state index in [2.05, 4.69) is 25.7 Å². The van der Waals surface area contributed by atoms with E-state index in [-0.39, 0.29) is 9.52 Å². The molecule has 14 heavy (non-hydrogen) atoms. The maximum absolute atomic E-state index is 2.82. The monoisotopic (exact) mass is 213 g/mol. The van der Waals surface area contributed by atoms with E-state index in [9.17, 15) is 0 Å². The fourth-order valence-electron chi connectivity index (χ4n) is 3.01. The third-order valence-electron chi connectivity index (χ3n) is 4.03. The second-order valence-electron chi connectivity index (χ2n) is 4.72. The molecule has 1 aliphatic heterocycles. The lowest BCUT2D eigenvalue weighted by Gasteiger charge is -2.40. The van der Waals surface area contributed by atoms with Crippen LogP contribution in [0.25, 0.3) is 0 Å². The van der Waals surface area contributed by atoms with Crippen molar-refractivity contribution >= 4 is 9.52 Å². The first-order valence-corrected chi connectivity index (χ1v) is 8.25. The predicted octanol–water partition coefficient (Wildman–Crippen LogP) is 2.60. The number of unbranched alkanes of at least 4 members (excludes halogenated alkanes) is 1. The summed E-state index contributed by atoms with van der Waals surface area (Å²) in [6, 6.07) is 1.59. The van der Waals surface area contributed by atoms with Gasteiger partial charge in [-0.2, -0.15) is 0 Å². The van der Waals surface area contributed by atoms with Gasteiger partial charge in [0.05, 0.1) is 0 Å². The Balaban J connectivity index is 2.54. The van der Waals surface area contributed by atoms with Gasteiger partial charge in [-0.3, -0.25) is 0 Å². The van der Waals surface area contributed by atoms with Crippen molar-refractivity contribution in [1.29, 1.82) is 0 Å². The Morgan fingerprint density at radius 1 is 1.29 bits per heavy atom. The van der Waals surface area contributed by atoms with E-state index >= 15 is 0 Å². The molecule has 1 fully saturated rings. The van der Waals surface area contributed by atoms with Crippen molar-refractivity contribution in [2.24, 2.45) is 0 Å². The first kappa shape index (κ1) is 12.2. The fourth-order valence-corrected chi connectivity index (χ4v) is 5.72. The minimum absolute atomic E-state index is 0.190. The van der Waals surface area contributed by atoms with Crippen LogP contribution in [0, 0.1) is 0 Å². The lowest BCUT2D eigenvalue weighted by atomic mass is 10.1. The summed E-state index contributed by atoms with van der Waals surface area (Å²) in [5.41, 5.74) is 0. The summed E-state index contributed by atoms with van der Waals surface area (Å²) >= 11 is 0. The zero-order chi connectivity index (χ0) is 10.4. The van der Waals surface area contributed by atoms with Crippen molar-refractivity contribution in [3.05, 3.63) is 0 Å². The zero-order valence-corrected chi connectivity index (χ0v) is 11.7. The second-order valence-corrected chi connectivity index (χ2v) is 7.24. The van der Waals surface area contributed by atoms with E-state index in [4.69, 9.17) is 0 Å². The van der Waals surface area contributed by atoms with Gasteiger partial charge in [0, 0.05) is 14.7 Å². The normalized spacial score (nSPS) is 29.1. The van der Waals surface area contributed by atoms with Crippen LogP contribution >= 0.6 is 0 Å². The molecule has 0 saturated carbocycles. The van der Waals surface area contributed by atoms with Gasteiger partial charge in [0.1, 0.15) is 0 Å². The Morgan fingerprint density at radius 2 is 2.07 bits per heavy atom. The first-order chi connectivity index (χ1) is 6.79. The smallest absolute Gasteiger partial charge is 0.0447 e. The van der Waals surface area contributed by atoms with E-state index in [1.54, 1.807) is 6.04 Å². The minimum atomic E-state index is 0.190. The molecule has 0 aromatic heterocycles. The van der Waals surface area contributed by atoms with Crippen molar-refractivity contribution in [3.63, 3.8) is 0 Å². The van der Waals surface area contributed by atoms with Crippen LogP contribution in [0.1, 0.15) is 52.9 Å². The highest BCUT2D eigenvalue weighted by Crippen LogP contribution is 2.32. The summed E-state index contributed by atoms with van der Waals surface area (Å²) in [4.78, 5) is 2.82. The molecule has 0 spiro atoms. The molecule has 0 amide bonds. The third-order valence-corrected chi connectivity index (χ3v) is 7.11. The van der Waals surface area contributed by atoms with Gasteiger partial charge in [-0.1, -0.05) is 39.7 Å². The summed E-state index contributed by atoms with van der Waals surface area (Å²) in [5, 5.41) is 0.726. The standard InChI is InChI=1S/C12H27NSi/c1-4-7-10-13(6-3)12(5-2)9-8-11-14-12/h4-11,14H2,1-3H3. The molecule has 0 N–H and O–H groups in total. The van der Waals surface area contributed by atoms with Gasteiger partial charge >= 0.3 is 0 Å². The molecule has 0 bridgehead atoms. The van der Waals surface area contributed by atoms with Crippen LogP contribution in [-0.4, -0.2) is 32.7 Å². The molecule has 1 atom stereocenters. The van der Waals surface area contributed by atoms with Gasteiger partial charge in [-0.15, -0.1) is 0 Å². The average molecular weight is 213 g/mol. The molecule has 84 valence electrons. The number of rotatable bonds is 6. The summed E-state index contributed by atoms with van der Waals surface area (Å²) in [6.45, 7) is 9.69. The third kappa shape index (κ3) is 2.60. The van der Waals surface area contributed by atoms with Gasteiger partial charge in [0.25, 0.3) is 0 Å². The number of hydrogen-bond donors (Lipinski definition) is 0. The summed E-state index contributed by atoms with van der Waals surface area (Å²) in [5.74, 6) is 0. The van der Waals surface area contributed by atoms with E-state index in [1.807, 2.05) is 0 Å². The molecule has 1 unspecified atom stereocenters. The molecule has 0 aliphatic carbocycles. The van der Waals surface area contributed by atoms with Crippen molar-refractivity contribution in [2.75, 3.05) is 13.1 Å². The van der Waals surface area contributed by atoms with Crippen LogP contribution in [0.15, 0.2) is 0 Å². The van der Waals surface area contributed by atoms with Crippen LogP contribution in [-0.2, 0) is 0 Å². The largest absolute Gasteiger partial charge is 0.301 e. The Kier molecular flexibility index (Phi) is 5.17. The van der Waals surface area contributed by atoms with Crippen molar-refractivity contribution in [2.45, 2.75) is 64.1 Å². The van der Waals surface area contributed by atoms with Crippen LogP contribution < -0.4 is 0 Å². The molecule has 1 heterocycles. The van der Waals surface area contributed by atoms with Crippen LogP contribution in [0.4, 0.5) is 0 Å².